The highest BCUT2D eigenvalue weighted by molar-refractivity contribution is 6.20. The molecule has 1 aliphatic carbocycles. The van der Waals surface area contributed by atoms with E-state index in [2.05, 4.69) is 11.7 Å². The van der Waals surface area contributed by atoms with Gasteiger partial charge in [0.25, 0.3) is 0 Å². The summed E-state index contributed by atoms with van der Waals surface area (Å²) in [4.78, 5) is 13.6. The molecule has 72 valence electrons. The van der Waals surface area contributed by atoms with Crippen molar-refractivity contribution in [2.24, 2.45) is 5.92 Å². The Labute approximate surface area is 77.5 Å². The molecule has 2 atom stereocenters. The molecular weight excluding hydrogens is 168 g/mol. The van der Waals surface area contributed by atoms with Crippen LogP contribution in [0.4, 0.5) is 0 Å². The Kier molecular flexibility index (Phi) is 3.65. The number of esters is 1. The van der Waals surface area contributed by atoms with Gasteiger partial charge >= 0.3 is 12.2 Å². The molecule has 0 heterocycles. The van der Waals surface area contributed by atoms with E-state index in [0.717, 1.165) is 25.5 Å². The van der Waals surface area contributed by atoms with Gasteiger partial charge in [-0.15, -0.1) is 0 Å². The Balaban J connectivity index is 2.42. The van der Waals surface area contributed by atoms with Gasteiger partial charge in [-0.3, -0.25) is 0 Å². The SMILES string of the molecule is C[C@H]1CCCC[C@@H]1OC(=O)C=[N+]=[N-]. The summed E-state index contributed by atoms with van der Waals surface area (Å²) in [5.41, 5.74) is 8.10. The van der Waals surface area contributed by atoms with Gasteiger partial charge in [0.15, 0.2) is 0 Å². The monoisotopic (exact) mass is 182 g/mol. The summed E-state index contributed by atoms with van der Waals surface area (Å²) < 4.78 is 5.10. The summed E-state index contributed by atoms with van der Waals surface area (Å²) in [6.07, 6.45) is 5.14. The van der Waals surface area contributed by atoms with Gasteiger partial charge in [0.2, 0.25) is 0 Å². The Morgan fingerprint density at radius 1 is 1.54 bits per heavy atom. The number of nitrogens with zero attached hydrogens (tertiary/aromatic N) is 2. The molecule has 1 fully saturated rings. The zero-order chi connectivity index (χ0) is 9.68. The molecule has 0 aliphatic heterocycles. The van der Waals surface area contributed by atoms with Gasteiger partial charge in [0.05, 0.1) is 0 Å². The lowest BCUT2D eigenvalue weighted by atomic mass is 9.88. The van der Waals surface area contributed by atoms with Crippen LogP contribution in [-0.2, 0) is 9.53 Å². The largest absolute Gasteiger partial charge is 0.454 e. The highest BCUT2D eigenvalue weighted by Gasteiger charge is 2.24. The maximum atomic E-state index is 10.9. The van der Waals surface area contributed by atoms with Crippen LogP contribution in [0.1, 0.15) is 32.6 Å². The Bertz CT molecular complexity index is 234. The molecule has 0 spiro atoms. The quantitative estimate of drug-likeness (QED) is 0.280. The highest BCUT2D eigenvalue weighted by atomic mass is 16.5. The van der Waals surface area contributed by atoms with Crippen LogP contribution in [0.5, 0.6) is 0 Å². The molecule has 0 aromatic carbocycles. The van der Waals surface area contributed by atoms with E-state index in [1.165, 1.54) is 6.42 Å². The normalized spacial score (nSPS) is 27.5. The van der Waals surface area contributed by atoms with Crippen molar-refractivity contribution in [3.8, 4) is 0 Å². The minimum absolute atomic E-state index is 0.000694. The molecule has 0 amide bonds. The maximum Gasteiger partial charge on any atom is 0.413 e. The van der Waals surface area contributed by atoms with Gasteiger partial charge in [-0.2, -0.15) is 4.79 Å². The zero-order valence-electron chi connectivity index (χ0n) is 7.77. The molecule has 0 N–H and O–H groups in total. The lowest BCUT2D eigenvalue weighted by Gasteiger charge is -2.27. The lowest BCUT2D eigenvalue weighted by Crippen LogP contribution is -2.28. The molecule has 0 unspecified atom stereocenters. The van der Waals surface area contributed by atoms with E-state index in [-0.39, 0.29) is 6.10 Å². The van der Waals surface area contributed by atoms with Crippen molar-refractivity contribution in [3.05, 3.63) is 5.53 Å². The molecule has 4 nitrogen and oxygen atoms in total. The third kappa shape index (κ3) is 2.99. The highest BCUT2D eigenvalue weighted by Crippen LogP contribution is 2.25. The fourth-order valence-corrected chi connectivity index (χ4v) is 1.68. The van der Waals surface area contributed by atoms with E-state index in [4.69, 9.17) is 10.3 Å². The van der Waals surface area contributed by atoms with Crippen LogP contribution in [0.2, 0.25) is 0 Å². The Morgan fingerprint density at radius 3 is 2.85 bits per heavy atom. The van der Waals surface area contributed by atoms with Crippen LogP contribution in [0.3, 0.4) is 0 Å². The molecule has 4 heteroatoms. The number of carbonyl (C=O) groups excluding carboxylic acids is 1. The zero-order valence-corrected chi connectivity index (χ0v) is 7.77. The summed E-state index contributed by atoms with van der Waals surface area (Å²) in [6.45, 7) is 2.08. The molecule has 0 aromatic rings. The minimum Gasteiger partial charge on any atom is -0.454 e. The molecule has 0 bridgehead atoms. The van der Waals surface area contributed by atoms with Crippen LogP contribution in [-0.4, -0.2) is 23.1 Å². The fraction of sp³-hybridized carbons (Fsp3) is 0.778. The second kappa shape index (κ2) is 4.77. The van der Waals surface area contributed by atoms with Crippen LogP contribution >= 0.6 is 0 Å². The summed E-state index contributed by atoms with van der Waals surface area (Å²) in [6, 6.07) is 0. The van der Waals surface area contributed by atoms with Crippen LogP contribution in [0.15, 0.2) is 0 Å². The number of ether oxygens (including phenoxy) is 1. The van der Waals surface area contributed by atoms with Crippen molar-refractivity contribution in [1.82, 2.24) is 0 Å². The molecule has 0 saturated heterocycles. The second-order valence-corrected chi connectivity index (χ2v) is 3.48. The number of rotatable bonds is 2. The van der Waals surface area contributed by atoms with Crippen LogP contribution < -0.4 is 0 Å². The summed E-state index contributed by atoms with van der Waals surface area (Å²) in [5.74, 6) is -0.133. The van der Waals surface area contributed by atoms with E-state index < -0.39 is 5.97 Å². The average Bonchev–Trinajstić information content (AvgIpc) is 2.09. The molecule has 1 saturated carbocycles. The minimum atomic E-state index is -0.554. The summed E-state index contributed by atoms with van der Waals surface area (Å²) in [7, 11) is 0. The van der Waals surface area contributed by atoms with E-state index in [1.807, 2.05) is 0 Å². The van der Waals surface area contributed by atoms with Gasteiger partial charge < -0.3 is 10.3 Å². The standard InChI is InChI=1S/C9H14N2O2/c1-7-4-2-3-5-8(7)13-9(12)6-11-10/h6-8H,2-5H2,1H3/t7-,8-/m0/s1. The second-order valence-electron chi connectivity index (χ2n) is 3.48. The van der Waals surface area contributed by atoms with Gasteiger partial charge in [-0.05, 0) is 25.2 Å². The molecular formula is C9H14N2O2. The van der Waals surface area contributed by atoms with Crippen molar-refractivity contribution in [2.45, 2.75) is 38.7 Å². The smallest absolute Gasteiger partial charge is 0.413 e. The van der Waals surface area contributed by atoms with E-state index in [1.54, 1.807) is 0 Å². The Morgan fingerprint density at radius 2 is 2.23 bits per heavy atom. The first kappa shape index (κ1) is 9.93. The van der Waals surface area contributed by atoms with E-state index >= 15 is 0 Å². The predicted octanol–water partition coefficient (Wildman–Crippen LogP) is 1.41. The van der Waals surface area contributed by atoms with Crippen molar-refractivity contribution < 1.29 is 14.3 Å². The van der Waals surface area contributed by atoms with Gasteiger partial charge in [-0.1, -0.05) is 13.3 Å². The van der Waals surface area contributed by atoms with E-state index in [0.29, 0.717) is 5.92 Å². The third-order valence-electron chi connectivity index (χ3n) is 2.46. The average molecular weight is 182 g/mol. The molecule has 1 aliphatic rings. The fourth-order valence-electron chi connectivity index (χ4n) is 1.68. The summed E-state index contributed by atoms with van der Waals surface area (Å²) in [5, 5.41) is 0. The third-order valence-corrected chi connectivity index (χ3v) is 2.46. The Hall–Kier alpha value is -1.15. The van der Waals surface area contributed by atoms with Gasteiger partial charge in [-0.25, -0.2) is 4.79 Å². The lowest BCUT2D eigenvalue weighted by molar-refractivity contribution is -0.148. The molecule has 0 aromatic heterocycles. The topological polar surface area (TPSA) is 62.7 Å². The van der Waals surface area contributed by atoms with Gasteiger partial charge in [0.1, 0.15) is 6.10 Å². The number of hydrogen-bond donors (Lipinski definition) is 0. The van der Waals surface area contributed by atoms with Crippen molar-refractivity contribution in [2.75, 3.05) is 0 Å². The first-order chi connectivity index (χ1) is 6.24. The van der Waals surface area contributed by atoms with Crippen molar-refractivity contribution >= 4 is 12.2 Å². The maximum absolute atomic E-state index is 10.9. The first-order valence-electron chi connectivity index (χ1n) is 4.62. The predicted molar refractivity (Wildman–Crippen MR) is 47.2 cm³/mol. The van der Waals surface area contributed by atoms with Gasteiger partial charge in [0, 0.05) is 0 Å². The van der Waals surface area contributed by atoms with Crippen LogP contribution in [0, 0.1) is 5.92 Å². The summed E-state index contributed by atoms with van der Waals surface area (Å²) >= 11 is 0. The number of carbonyl (C=O) groups is 1. The molecule has 0 radical (unpaired) electrons. The van der Waals surface area contributed by atoms with Crippen molar-refractivity contribution in [3.63, 3.8) is 0 Å². The van der Waals surface area contributed by atoms with Crippen molar-refractivity contribution in [1.29, 1.82) is 0 Å². The number of hydrogen-bond acceptors (Lipinski definition) is 2. The molecule has 13 heavy (non-hydrogen) atoms. The first-order valence-corrected chi connectivity index (χ1v) is 4.62. The molecule has 1 rings (SSSR count). The van der Waals surface area contributed by atoms with E-state index in [9.17, 15) is 4.79 Å². The van der Waals surface area contributed by atoms with Crippen LogP contribution in [0.25, 0.3) is 5.53 Å².